The predicted octanol–water partition coefficient (Wildman–Crippen LogP) is 4.85. The van der Waals surface area contributed by atoms with Crippen molar-refractivity contribution in [3.63, 3.8) is 0 Å². The first-order chi connectivity index (χ1) is 16.9. The average molecular weight is 487 g/mol. The minimum atomic E-state index is -3.92. The maximum atomic E-state index is 13.0. The topological polar surface area (TPSA) is 115 Å². The van der Waals surface area contributed by atoms with Crippen LogP contribution in [0.2, 0.25) is 0 Å². The number of benzene rings is 4. The van der Waals surface area contributed by atoms with E-state index in [9.17, 15) is 18.3 Å². The standard InChI is InChI=1S/C26H17NO7S/c28-24-20-13-18(27-35(30,31)19-8-5-15-3-1-2-4-16(15)11-19)7-10-21(20)34-26(25(24)29)17-6-9-22-23(12-17)33-14-32-22/h1-13,27,29H,14H2. The van der Waals surface area contributed by atoms with Crippen molar-refractivity contribution in [2.24, 2.45) is 0 Å². The third-order valence-corrected chi connectivity index (χ3v) is 7.16. The molecule has 0 unspecified atom stereocenters. The molecule has 2 N–H and O–H groups in total. The van der Waals surface area contributed by atoms with Crippen LogP contribution in [-0.4, -0.2) is 20.3 Å². The Balaban J connectivity index is 1.37. The van der Waals surface area contributed by atoms with E-state index in [0.717, 1.165) is 10.8 Å². The van der Waals surface area contributed by atoms with Crippen LogP contribution in [0.4, 0.5) is 5.69 Å². The lowest BCUT2D eigenvalue weighted by Gasteiger charge is -2.11. The zero-order valence-electron chi connectivity index (χ0n) is 18.0. The van der Waals surface area contributed by atoms with E-state index >= 15 is 0 Å². The van der Waals surface area contributed by atoms with E-state index in [1.807, 2.05) is 24.3 Å². The summed E-state index contributed by atoms with van der Waals surface area (Å²) in [6, 6.07) is 21.5. The Morgan fingerprint density at radius 1 is 0.829 bits per heavy atom. The summed E-state index contributed by atoms with van der Waals surface area (Å²) in [5, 5.41) is 12.3. The fourth-order valence-corrected chi connectivity index (χ4v) is 5.12. The molecule has 0 fully saturated rings. The molecule has 4 aromatic carbocycles. The summed E-state index contributed by atoms with van der Waals surface area (Å²) in [7, 11) is -3.92. The largest absolute Gasteiger partial charge is 0.502 e. The van der Waals surface area contributed by atoms with Crippen molar-refractivity contribution < 1.29 is 27.4 Å². The third-order valence-electron chi connectivity index (χ3n) is 5.78. The van der Waals surface area contributed by atoms with E-state index in [1.165, 1.54) is 24.3 Å². The minimum absolute atomic E-state index is 0.0229. The molecule has 1 aliphatic rings. The first-order valence-electron chi connectivity index (χ1n) is 10.6. The van der Waals surface area contributed by atoms with Crippen LogP contribution in [0.15, 0.2) is 93.0 Å². The molecule has 0 atom stereocenters. The van der Waals surface area contributed by atoms with Crippen LogP contribution in [0, 0.1) is 0 Å². The summed E-state index contributed by atoms with van der Waals surface area (Å²) >= 11 is 0. The van der Waals surface area contributed by atoms with Crippen molar-refractivity contribution >= 4 is 37.5 Å². The highest BCUT2D eigenvalue weighted by molar-refractivity contribution is 7.92. The monoisotopic (exact) mass is 487 g/mol. The Hall–Kier alpha value is -4.50. The molecular formula is C26H17NO7S. The van der Waals surface area contributed by atoms with Crippen molar-refractivity contribution in [3.05, 3.63) is 89.1 Å². The molecule has 1 aliphatic heterocycles. The van der Waals surface area contributed by atoms with Crippen molar-refractivity contribution in [3.8, 4) is 28.6 Å². The maximum Gasteiger partial charge on any atom is 0.261 e. The molecule has 174 valence electrons. The minimum Gasteiger partial charge on any atom is -0.502 e. The van der Waals surface area contributed by atoms with Gasteiger partial charge in [0.25, 0.3) is 10.0 Å². The Morgan fingerprint density at radius 3 is 2.49 bits per heavy atom. The molecule has 1 aromatic heterocycles. The second-order valence-electron chi connectivity index (χ2n) is 8.00. The SMILES string of the molecule is O=c1c(O)c(-c2ccc3c(c2)OCO3)oc2ccc(NS(=O)(=O)c3ccc4ccccc4c3)cc12. The van der Waals surface area contributed by atoms with Gasteiger partial charge in [-0.25, -0.2) is 8.42 Å². The van der Waals surface area contributed by atoms with Crippen molar-refractivity contribution in [1.82, 2.24) is 0 Å². The highest BCUT2D eigenvalue weighted by Crippen LogP contribution is 2.38. The van der Waals surface area contributed by atoms with Gasteiger partial charge in [0.2, 0.25) is 18.0 Å². The highest BCUT2D eigenvalue weighted by Gasteiger charge is 2.21. The number of anilines is 1. The number of nitrogens with one attached hydrogen (secondary N) is 1. The van der Waals surface area contributed by atoms with Gasteiger partial charge in [0.05, 0.1) is 10.3 Å². The fraction of sp³-hybridized carbons (Fsp3) is 0.0385. The lowest BCUT2D eigenvalue weighted by Crippen LogP contribution is -2.13. The van der Waals surface area contributed by atoms with Gasteiger partial charge >= 0.3 is 0 Å². The summed E-state index contributed by atoms with van der Waals surface area (Å²) in [4.78, 5) is 13.0. The molecule has 2 heterocycles. The molecule has 35 heavy (non-hydrogen) atoms. The van der Waals surface area contributed by atoms with Gasteiger partial charge in [0, 0.05) is 11.3 Å². The second kappa shape index (κ2) is 7.78. The van der Waals surface area contributed by atoms with Crippen molar-refractivity contribution in [2.45, 2.75) is 4.90 Å². The van der Waals surface area contributed by atoms with E-state index in [-0.39, 0.29) is 34.1 Å². The molecule has 0 bridgehead atoms. The molecule has 0 saturated carbocycles. The summed E-state index contributed by atoms with van der Waals surface area (Å²) < 4.78 is 44.9. The number of fused-ring (bicyclic) bond motifs is 3. The van der Waals surface area contributed by atoms with Gasteiger partial charge in [-0.1, -0.05) is 30.3 Å². The quantitative estimate of drug-likeness (QED) is 0.372. The smallest absolute Gasteiger partial charge is 0.261 e. The Morgan fingerprint density at radius 2 is 1.63 bits per heavy atom. The normalized spacial score (nSPS) is 12.8. The molecule has 6 rings (SSSR count). The number of hydrogen-bond acceptors (Lipinski definition) is 7. The van der Waals surface area contributed by atoms with E-state index in [1.54, 1.807) is 30.3 Å². The van der Waals surface area contributed by atoms with Gasteiger partial charge in [-0.3, -0.25) is 9.52 Å². The highest BCUT2D eigenvalue weighted by atomic mass is 32.2. The van der Waals surface area contributed by atoms with E-state index < -0.39 is 21.2 Å². The Bertz CT molecular complexity index is 1810. The van der Waals surface area contributed by atoms with E-state index in [4.69, 9.17) is 13.9 Å². The molecule has 0 aliphatic carbocycles. The number of sulfonamides is 1. The fourth-order valence-electron chi connectivity index (χ4n) is 4.03. The maximum absolute atomic E-state index is 13.0. The zero-order chi connectivity index (χ0) is 24.2. The molecule has 0 spiro atoms. The summed E-state index contributed by atoms with van der Waals surface area (Å²) in [6.45, 7) is 0.0876. The van der Waals surface area contributed by atoms with Gasteiger partial charge in [0.15, 0.2) is 17.3 Å². The van der Waals surface area contributed by atoms with Gasteiger partial charge in [-0.2, -0.15) is 0 Å². The number of hydrogen-bond donors (Lipinski definition) is 2. The molecule has 0 saturated heterocycles. The van der Waals surface area contributed by atoms with Crippen LogP contribution in [0.5, 0.6) is 17.2 Å². The van der Waals surface area contributed by atoms with E-state index in [0.29, 0.717) is 17.1 Å². The van der Waals surface area contributed by atoms with Crippen LogP contribution >= 0.6 is 0 Å². The molecule has 0 amide bonds. The van der Waals surface area contributed by atoms with Gasteiger partial charge in [0.1, 0.15) is 5.58 Å². The van der Waals surface area contributed by atoms with Crippen LogP contribution < -0.4 is 19.6 Å². The first-order valence-corrected chi connectivity index (χ1v) is 12.1. The summed E-state index contributed by atoms with van der Waals surface area (Å²) in [5.41, 5.74) is 0.0970. The molecule has 5 aromatic rings. The number of aromatic hydroxyl groups is 1. The van der Waals surface area contributed by atoms with E-state index in [2.05, 4.69) is 4.72 Å². The Labute approximate surface area is 199 Å². The van der Waals surface area contributed by atoms with Gasteiger partial charge < -0.3 is 19.0 Å². The molecule has 0 radical (unpaired) electrons. The van der Waals surface area contributed by atoms with Crippen LogP contribution in [-0.2, 0) is 10.0 Å². The number of rotatable bonds is 4. The summed E-state index contributed by atoms with van der Waals surface area (Å²) in [6.07, 6.45) is 0. The van der Waals surface area contributed by atoms with Crippen LogP contribution in [0.3, 0.4) is 0 Å². The number of ether oxygens (including phenoxy) is 2. The molecule has 8 nitrogen and oxygen atoms in total. The van der Waals surface area contributed by atoms with Crippen LogP contribution in [0.1, 0.15) is 0 Å². The first kappa shape index (κ1) is 21.1. The van der Waals surface area contributed by atoms with Crippen molar-refractivity contribution in [2.75, 3.05) is 11.5 Å². The molecule has 9 heteroatoms. The lowest BCUT2D eigenvalue weighted by atomic mass is 10.1. The van der Waals surface area contributed by atoms with Crippen molar-refractivity contribution in [1.29, 1.82) is 0 Å². The lowest BCUT2D eigenvalue weighted by molar-refractivity contribution is 0.174. The predicted molar refractivity (Wildman–Crippen MR) is 130 cm³/mol. The zero-order valence-corrected chi connectivity index (χ0v) is 18.8. The average Bonchev–Trinajstić information content (AvgIpc) is 3.34. The summed E-state index contributed by atoms with van der Waals surface area (Å²) in [5.74, 6) is 0.416. The molecular weight excluding hydrogens is 470 g/mol. The van der Waals surface area contributed by atoms with Gasteiger partial charge in [-0.05, 0) is 59.3 Å². The second-order valence-corrected chi connectivity index (χ2v) is 9.68. The van der Waals surface area contributed by atoms with Gasteiger partial charge in [-0.15, -0.1) is 0 Å². The van der Waals surface area contributed by atoms with Crippen LogP contribution in [0.25, 0.3) is 33.1 Å². The third kappa shape index (κ3) is 3.62. The Kier molecular flexibility index (Phi) is 4.68.